The molecule has 6 atom stereocenters. The van der Waals surface area contributed by atoms with Crippen LogP contribution in [-0.2, 0) is 38.3 Å². The van der Waals surface area contributed by atoms with E-state index in [2.05, 4.69) is 30.2 Å². The number of allylic oxidation sites excluding steroid dienone is 2. The minimum Gasteiger partial charge on any atom is -0.457 e. The van der Waals surface area contributed by atoms with Gasteiger partial charge in [0.1, 0.15) is 30.5 Å². The quantitative estimate of drug-likeness (QED) is 0.0209. The van der Waals surface area contributed by atoms with Crippen LogP contribution >= 0.6 is 0 Å². The van der Waals surface area contributed by atoms with Gasteiger partial charge in [-0.15, -0.1) is 0 Å². The highest BCUT2D eigenvalue weighted by Crippen LogP contribution is 2.26. The van der Waals surface area contributed by atoms with Gasteiger partial charge in [-0.25, -0.2) is 4.18 Å². The number of carbonyl (C=O) groups is 1. The van der Waals surface area contributed by atoms with Gasteiger partial charge in [0, 0.05) is 13.0 Å². The Balaban J connectivity index is 2.47. The molecule has 0 radical (unpaired) electrons. The number of aliphatic hydroxyl groups is 3. The molecule has 4 N–H and O–H groups in total. The molecule has 1 saturated heterocycles. The fourth-order valence-electron chi connectivity index (χ4n) is 6.42. The van der Waals surface area contributed by atoms with Gasteiger partial charge in [-0.05, 0) is 32.1 Å². The zero-order chi connectivity index (χ0) is 39.0. The van der Waals surface area contributed by atoms with Crippen LogP contribution in [-0.4, -0.2) is 97.5 Å². The number of rotatable bonds is 36. The fraction of sp³-hybridized carbons (Fsp3) is 0.925. The first-order chi connectivity index (χ1) is 25.6. The van der Waals surface area contributed by atoms with Crippen LogP contribution in [0.1, 0.15) is 174 Å². The Morgan fingerprint density at radius 3 is 1.75 bits per heavy atom. The van der Waals surface area contributed by atoms with Crippen molar-refractivity contribution in [1.82, 2.24) is 0 Å². The van der Waals surface area contributed by atoms with Crippen molar-refractivity contribution in [2.75, 3.05) is 26.4 Å². The van der Waals surface area contributed by atoms with E-state index in [9.17, 15) is 28.5 Å². The molecule has 1 fully saturated rings. The molecule has 12 nitrogen and oxygen atoms in total. The number of carbonyl (C=O) groups excluding carboxylic acids is 1. The molecule has 1 rings (SSSR count). The molecular weight excluding hydrogens is 704 g/mol. The van der Waals surface area contributed by atoms with Crippen LogP contribution in [0.15, 0.2) is 12.2 Å². The Kier molecular flexibility index (Phi) is 31.1. The van der Waals surface area contributed by atoms with E-state index in [1.54, 1.807) is 0 Å². The maximum atomic E-state index is 12.8. The van der Waals surface area contributed by atoms with Crippen LogP contribution in [0.2, 0.25) is 0 Å². The standard InChI is InChI=1S/C40H76O12S/c1-3-5-7-9-11-13-15-17-18-19-21-23-25-27-29-36(42)50-34(32-48-30-28-26-24-22-20-16-14-12-10-8-6-4-2)33-49-40-38(44)39(52-53(45,46)47)37(43)35(31-41)51-40/h10,12,34-35,37-41,43-44H,3-9,11,13-33H2,1-2H3,(H,45,46,47)/b12-10-. The van der Waals surface area contributed by atoms with Gasteiger partial charge in [-0.2, -0.15) is 8.42 Å². The highest BCUT2D eigenvalue weighted by molar-refractivity contribution is 7.80. The van der Waals surface area contributed by atoms with E-state index in [4.69, 9.17) is 23.5 Å². The highest BCUT2D eigenvalue weighted by Gasteiger charge is 2.48. The third-order valence-electron chi connectivity index (χ3n) is 9.64. The van der Waals surface area contributed by atoms with E-state index in [1.165, 1.54) is 103 Å². The van der Waals surface area contributed by atoms with Gasteiger partial charge in [-0.1, -0.05) is 148 Å². The van der Waals surface area contributed by atoms with Gasteiger partial charge in [0.25, 0.3) is 0 Å². The van der Waals surface area contributed by atoms with Gasteiger partial charge in [0.15, 0.2) is 6.29 Å². The van der Waals surface area contributed by atoms with Crippen LogP contribution in [0.3, 0.4) is 0 Å². The summed E-state index contributed by atoms with van der Waals surface area (Å²) < 4.78 is 58.9. The smallest absolute Gasteiger partial charge is 0.397 e. The molecule has 0 bridgehead atoms. The molecule has 13 heteroatoms. The molecular formula is C40H76O12S. The van der Waals surface area contributed by atoms with Gasteiger partial charge >= 0.3 is 16.4 Å². The predicted octanol–water partition coefficient (Wildman–Crippen LogP) is 7.91. The molecule has 0 aromatic heterocycles. The predicted molar refractivity (Wildman–Crippen MR) is 207 cm³/mol. The van der Waals surface area contributed by atoms with Crippen molar-refractivity contribution < 1.29 is 56.2 Å². The molecule has 1 aliphatic heterocycles. The van der Waals surface area contributed by atoms with E-state index in [0.717, 1.165) is 44.9 Å². The molecule has 0 aromatic rings. The number of ether oxygens (including phenoxy) is 4. The molecule has 1 aliphatic rings. The second kappa shape index (κ2) is 33.0. The van der Waals surface area contributed by atoms with E-state index in [0.29, 0.717) is 13.0 Å². The van der Waals surface area contributed by atoms with Crippen molar-refractivity contribution in [2.45, 2.75) is 211 Å². The van der Waals surface area contributed by atoms with Crippen molar-refractivity contribution in [3.8, 4) is 0 Å². The van der Waals surface area contributed by atoms with Crippen molar-refractivity contribution in [3.05, 3.63) is 12.2 Å². The Labute approximate surface area is 321 Å². The van der Waals surface area contributed by atoms with Gasteiger partial charge in [0.2, 0.25) is 0 Å². The molecule has 0 spiro atoms. The second-order valence-corrected chi connectivity index (χ2v) is 15.6. The number of hydrogen-bond acceptors (Lipinski definition) is 11. The monoisotopic (exact) mass is 781 g/mol. The van der Waals surface area contributed by atoms with Crippen molar-refractivity contribution >= 4 is 16.4 Å². The van der Waals surface area contributed by atoms with Crippen LogP contribution in [0.5, 0.6) is 0 Å². The fourth-order valence-corrected chi connectivity index (χ4v) is 6.93. The minimum atomic E-state index is -5.05. The van der Waals surface area contributed by atoms with Gasteiger partial charge < -0.3 is 34.3 Å². The van der Waals surface area contributed by atoms with Gasteiger partial charge in [0.05, 0.1) is 19.8 Å². The third kappa shape index (κ3) is 27.1. The first-order valence-corrected chi connectivity index (χ1v) is 22.3. The largest absolute Gasteiger partial charge is 0.457 e. The summed E-state index contributed by atoms with van der Waals surface area (Å²) >= 11 is 0. The number of hydrogen-bond donors (Lipinski definition) is 4. The van der Waals surface area contributed by atoms with E-state index < -0.39 is 59.8 Å². The van der Waals surface area contributed by atoms with E-state index in [-0.39, 0.29) is 19.6 Å². The summed E-state index contributed by atoms with van der Waals surface area (Å²) in [5.74, 6) is -0.400. The lowest BCUT2D eigenvalue weighted by atomic mass is 9.99. The lowest BCUT2D eigenvalue weighted by Gasteiger charge is -2.41. The maximum absolute atomic E-state index is 12.8. The average molecular weight is 781 g/mol. The lowest BCUT2D eigenvalue weighted by molar-refractivity contribution is -0.301. The third-order valence-corrected chi connectivity index (χ3v) is 10.1. The second-order valence-electron chi connectivity index (χ2n) is 14.6. The number of esters is 1. The Hall–Kier alpha value is -1.16. The average Bonchev–Trinajstić information content (AvgIpc) is 3.12. The summed E-state index contributed by atoms with van der Waals surface area (Å²) in [7, 11) is -5.05. The zero-order valence-electron chi connectivity index (χ0n) is 33.1. The van der Waals surface area contributed by atoms with Crippen LogP contribution in [0.25, 0.3) is 0 Å². The molecule has 314 valence electrons. The molecule has 0 amide bonds. The zero-order valence-corrected chi connectivity index (χ0v) is 33.9. The summed E-state index contributed by atoms with van der Waals surface area (Å²) in [6, 6.07) is 0. The summed E-state index contributed by atoms with van der Waals surface area (Å²) in [5.41, 5.74) is 0. The maximum Gasteiger partial charge on any atom is 0.397 e. The van der Waals surface area contributed by atoms with Crippen LogP contribution in [0, 0.1) is 0 Å². The minimum absolute atomic E-state index is 0.0364. The molecule has 0 aliphatic carbocycles. The first-order valence-electron chi connectivity index (χ1n) is 20.9. The summed E-state index contributed by atoms with van der Waals surface area (Å²) in [4.78, 5) is 12.8. The Morgan fingerprint density at radius 1 is 0.698 bits per heavy atom. The van der Waals surface area contributed by atoms with Crippen LogP contribution in [0.4, 0.5) is 0 Å². The molecule has 53 heavy (non-hydrogen) atoms. The summed E-state index contributed by atoms with van der Waals surface area (Å²) in [5, 5.41) is 30.6. The SMILES string of the molecule is CCCC/C=C\CCCCCCCCOCC(COC1OC(CO)C(O)C(OS(=O)(=O)O)C1O)OC(=O)CCCCCCCCCCCCCCCC. The summed E-state index contributed by atoms with van der Waals surface area (Å²) in [6.07, 6.45) is 23.9. The van der Waals surface area contributed by atoms with Crippen molar-refractivity contribution in [3.63, 3.8) is 0 Å². The number of aliphatic hydroxyl groups excluding tert-OH is 3. The van der Waals surface area contributed by atoms with Crippen molar-refractivity contribution in [2.24, 2.45) is 0 Å². The van der Waals surface area contributed by atoms with Gasteiger partial charge in [-0.3, -0.25) is 9.35 Å². The Bertz CT molecular complexity index is 994. The summed E-state index contributed by atoms with van der Waals surface area (Å²) in [6.45, 7) is 3.94. The number of unbranched alkanes of at least 4 members (excludes halogenated alkanes) is 21. The lowest BCUT2D eigenvalue weighted by Crippen LogP contribution is -2.60. The van der Waals surface area contributed by atoms with E-state index in [1.807, 2.05) is 0 Å². The van der Waals surface area contributed by atoms with Crippen molar-refractivity contribution in [1.29, 1.82) is 0 Å². The topological polar surface area (TPSA) is 178 Å². The molecule has 0 aromatic carbocycles. The van der Waals surface area contributed by atoms with Crippen LogP contribution < -0.4 is 0 Å². The Morgan fingerprint density at radius 2 is 1.21 bits per heavy atom. The normalized spacial score (nSPS) is 21.4. The molecule has 6 unspecified atom stereocenters. The molecule has 1 heterocycles. The first kappa shape index (κ1) is 49.9. The molecule has 0 saturated carbocycles. The highest BCUT2D eigenvalue weighted by atomic mass is 32.3. The van der Waals surface area contributed by atoms with E-state index >= 15 is 0 Å².